The van der Waals surface area contributed by atoms with Crippen LogP contribution in [0.1, 0.15) is 18.0 Å². The summed E-state index contributed by atoms with van der Waals surface area (Å²) < 4.78 is 19.2. The zero-order valence-electron chi connectivity index (χ0n) is 11.7. The van der Waals surface area contributed by atoms with Crippen LogP contribution in [0.4, 0.5) is 10.2 Å². The maximum atomic E-state index is 14.0. The van der Waals surface area contributed by atoms with Crippen LogP contribution >= 0.6 is 0 Å². The fourth-order valence-electron chi connectivity index (χ4n) is 2.80. The molecule has 1 aromatic heterocycles. The molecule has 21 heavy (non-hydrogen) atoms. The van der Waals surface area contributed by atoms with Gasteiger partial charge in [-0.15, -0.1) is 0 Å². The van der Waals surface area contributed by atoms with Gasteiger partial charge < -0.3 is 14.7 Å². The van der Waals surface area contributed by atoms with Gasteiger partial charge in [-0.05, 0) is 36.2 Å². The average molecular weight is 288 g/mol. The highest BCUT2D eigenvalue weighted by atomic mass is 19.1. The molecule has 0 spiro atoms. The van der Waals surface area contributed by atoms with Crippen molar-refractivity contribution in [1.82, 2.24) is 4.98 Å². The predicted octanol–water partition coefficient (Wildman–Crippen LogP) is 2.54. The third-order valence-electron chi connectivity index (χ3n) is 3.77. The maximum absolute atomic E-state index is 14.0. The van der Waals surface area contributed by atoms with Gasteiger partial charge in [0, 0.05) is 12.7 Å². The maximum Gasteiger partial charge on any atom is 0.165 e. The number of methoxy groups -OCH3 is 1. The van der Waals surface area contributed by atoms with Gasteiger partial charge in [0.2, 0.25) is 0 Å². The van der Waals surface area contributed by atoms with Gasteiger partial charge in [-0.3, -0.25) is 0 Å². The largest absolute Gasteiger partial charge is 0.497 e. The second-order valence-corrected chi connectivity index (χ2v) is 5.14. The Kier molecular flexibility index (Phi) is 3.75. The summed E-state index contributed by atoms with van der Waals surface area (Å²) in [5.74, 6) is 0.650. The van der Waals surface area contributed by atoms with E-state index in [9.17, 15) is 9.50 Å². The molecule has 1 aliphatic heterocycles. The Morgan fingerprint density at radius 1 is 1.33 bits per heavy atom. The molecule has 5 heteroatoms. The minimum Gasteiger partial charge on any atom is -0.497 e. The van der Waals surface area contributed by atoms with Crippen molar-refractivity contribution < 1.29 is 14.2 Å². The minimum atomic E-state index is -0.498. The zero-order chi connectivity index (χ0) is 14.8. The molecule has 1 N–H and O–H groups in total. The van der Waals surface area contributed by atoms with Crippen LogP contribution in [-0.4, -0.2) is 29.8 Å². The van der Waals surface area contributed by atoms with Gasteiger partial charge in [-0.25, -0.2) is 9.37 Å². The molecule has 2 atom stereocenters. The summed E-state index contributed by atoms with van der Waals surface area (Å²) in [5, 5.41) is 9.99. The molecule has 0 radical (unpaired) electrons. The molecule has 110 valence electrons. The summed E-state index contributed by atoms with van der Waals surface area (Å²) in [4.78, 5) is 5.94. The summed E-state index contributed by atoms with van der Waals surface area (Å²) in [6.45, 7) is 0.371. The van der Waals surface area contributed by atoms with E-state index in [1.807, 2.05) is 29.2 Å². The van der Waals surface area contributed by atoms with Crippen molar-refractivity contribution in [3.05, 3.63) is 54.0 Å². The van der Waals surface area contributed by atoms with Crippen LogP contribution in [-0.2, 0) is 0 Å². The van der Waals surface area contributed by atoms with Crippen LogP contribution in [0.3, 0.4) is 0 Å². The molecule has 0 unspecified atom stereocenters. The van der Waals surface area contributed by atoms with Crippen LogP contribution in [0.15, 0.2) is 42.6 Å². The number of benzene rings is 1. The zero-order valence-corrected chi connectivity index (χ0v) is 11.7. The van der Waals surface area contributed by atoms with E-state index in [0.717, 1.165) is 11.3 Å². The van der Waals surface area contributed by atoms with Gasteiger partial charge in [0.1, 0.15) is 5.75 Å². The van der Waals surface area contributed by atoms with Crippen molar-refractivity contribution in [2.45, 2.75) is 18.6 Å². The van der Waals surface area contributed by atoms with E-state index < -0.39 is 6.10 Å². The summed E-state index contributed by atoms with van der Waals surface area (Å²) in [6, 6.07) is 10.5. The summed E-state index contributed by atoms with van der Waals surface area (Å²) >= 11 is 0. The first-order chi connectivity index (χ1) is 10.2. The molecule has 1 aliphatic rings. The molecule has 3 rings (SSSR count). The van der Waals surface area contributed by atoms with E-state index in [2.05, 4.69) is 4.98 Å². The van der Waals surface area contributed by atoms with E-state index in [4.69, 9.17) is 4.74 Å². The summed E-state index contributed by atoms with van der Waals surface area (Å²) in [6.07, 6.45) is 1.61. The van der Waals surface area contributed by atoms with Crippen LogP contribution in [0, 0.1) is 5.82 Å². The Bertz CT molecular complexity index is 635. The molecule has 2 heterocycles. The number of pyridine rings is 1. The lowest BCUT2D eigenvalue weighted by Gasteiger charge is -2.26. The van der Waals surface area contributed by atoms with Gasteiger partial charge in [0.05, 0.1) is 19.3 Å². The van der Waals surface area contributed by atoms with E-state index in [1.54, 1.807) is 19.4 Å². The number of β-amino-alcohol motifs (C(OH)–C–C–N with tert-alkyl or cyclic N) is 1. The number of halogens is 1. The molecule has 0 saturated carbocycles. The van der Waals surface area contributed by atoms with Crippen LogP contribution < -0.4 is 9.64 Å². The Balaban J connectivity index is 1.97. The smallest absolute Gasteiger partial charge is 0.165 e. The topological polar surface area (TPSA) is 45.6 Å². The second kappa shape index (κ2) is 5.69. The number of nitrogens with zero attached hydrogens (tertiary/aromatic N) is 2. The molecule has 4 nitrogen and oxygen atoms in total. The van der Waals surface area contributed by atoms with Gasteiger partial charge >= 0.3 is 0 Å². The lowest BCUT2D eigenvalue weighted by Crippen LogP contribution is -2.26. The van der Waals surface area contributed by atoms with Gasteiger partial charge in [-0.1, -0.05) is 12.1 Å². The van der Waals surface area contributed by atoms with Crippen molar-refractivity contribution in [1.29, 1.82) is 0 Å². The second-order valence-electron chi connectivity index (χ2n) is 5.14. The number of hydrogen-bond acceptors (Lipinski definition) is 4. The Hall–Kier alpha value is -2.14. The van der Waals surface area contributed by atoms with Crippen LogP contribution in [0.5, 0.6) is 5.75 Å². The number of hydrogen-bond donors (Lipinski definition) is 1. The van der Waals surface area contributed by atoms with Crippen molar-refractivity contribution in [3.8, 4) is 5.75 Å². The lowest BCUT2D eigenvalue weighted by molar-refractivity contribution is 0.194. The molecule has 0 amide bonds. The van der Waals surface area contributed by atoms with E-state index in [1.165, 1.54) is 6.07 Å². The molecule has 2 aromatic rings. The minimum absolute atomic E-state index is 0.112. The fourth-order valence-corrected chi connectivity index (χ4v) is 2.80. The molecule has 1 fully saturated rings. The van der Waals surface area contributed by atoms with E-state index in [0.29, 0.717) is 13.0 Å². The first kappa shape index (κ1) is 13.8. The highest BCUT2D eigenvalue weighted by Gasteiger charge is 2.34. The monoisotopic (exact) mass is 288 g/mol. The summed E-state index contributed by atoms with van der Waals surface area (Å²) in [7, 11) is 1.61. The average Bonchev–Trinajstić information content (AvgIpc) is 2.89. The van der Waals surface area contributed by atoms with E-state index in [-0.39, 0.29) is 17.7 Å². The number of aliphatic hydroxyl groups is 1. The third kappa shape index (κ3) is 2.69. The number of aromatic nitrogens is 1. The Labute approximate surface area is 122 Å². The molecule has 0 bridgehead atoms. The Morgan fingerprint density at radius 2 is 2.19 bits per heavy atom. The lowest BCUT2D eigenvalue weighted by atomic mass is 10.0. The SMILES string of the molecule is COc1cccc([C@@H]2C[C@@H](O)CN2c2ncccc2F)c1. The first-order valence-corrected chi connectivity index (χ1v) is 6.88. The molecular formula is C16H17FN2O2. The number of ether oxygens (including phenoxy) is 1. The molecule has 1 saturated heterocycles. The molecule has 0 aliphatic carbocycles. The highest BCUT2D eigenvalue weighted by Crippen LogP contribution is 2.37. The van der Waals surface area contributed by atoms with Crippen LogP contribution in [0.2, 0.25) is 0 Å². The molecular weight excluding hydrogens is 271 g/mol. The highest BCUT2D eigenvalue weighted by molar-refractivity contribution is 5.46. The van der Waals surface area contributed by atoms with Gasteiger partial charge in [0.15, 0.2) is 11.6 Å². The van der Waals surface area contributed by atoms with Crippen molar-refractivity contribution in [2.24, 2.45) is 0 Å². The number of rotatable bonds is 3. The quantitative estimate of drug-likeness (QED) is 0.942. The molecule has 1 aromatic carbocycles. The normalized spacial score (nSPS) is 21.6. The summed E-state index contributed by atoms with van der Waals surface area (Å²) in [5.41, 5.74) is 0.982. The third-order valence-corrected chi connectivity index (χ3v) is 3.77. The van der Waals surface area contributed by atoms with Gasteiger partial charge in [-0.2, -0.15) is 0 Å². The van der Waals surface area contributed by atoms with E-state index >= 15 is 0 Å². The van der Waals surface area contributed by atoms with Crippen molar-refractivity contribution in [3.63, 3.8) is 0 Å². The standard InChI is InChI=1S/C16H17FN2O2/c1-21-13-5-2-4-11(8-13)15-9-12(20)10-19(15)16-14(17)6-3-7-18-16/h2-8,12,15,20H,9-10H2,1H3/t12-,15+/m1/s1. The van der Waals surface area contributed by atoms with Crippen molar-refractivity contribution in [2.75, 3.05) is 18.6 Å². The van der Waals surface area contributed by atoms with Gasteiger partial charge in [0.25, 0.3) is 0 Å². The number of aliphatic hydroxyl groups excluding tert-OH is 1. The van der Waals surface area contributed by atoms with Crippen molar-refractivity contribution >= 4 is 5.82 Å². The predicted molar refractivity (Wildman–Crippen MR) is 77.9 cm³/mol. The number of anilines is 1. The fraction of sp³-hybridized carbons (Fsp3) is 0.312. The first-order valence-electron chi connectivity index (χ1n) is 6.88. The van der Waals surface area contributed by atoms with Crippen LogP contribution in [0.25, 0.3) is 0 Å². The Morgan fingerprint density at radius 3 is 2.95 bits per heavy atom.